The average Bonchev–Trinajstić information content (AvgIpc) is 3.34. The molecule has 0 aliphatic heterocycles. The van der Waals surface area contributed by atoms with Gasteiger partial charge in [-0.1, -0.05) is 19.9 Å². The van der Waals surface area contributed by atoms with Crippen molar-refractivity contribution in [2.45, 2.75) is 45.6 Å². The first kappa shape index (κ1) is 17.8. The summed E-state index contributed by atoms with van der Waals surface area (Å²) in [6, 6.07) is 5.72. The number of hydrazine groups is 1. The second-order valence-corrected chi connectivity index (χ2v) is 6.21. The number of hydrogen-bond acceptors (Lipinski definition) is 4. The van der Waals surface area contributed by atoms with Crippen molar-refractivity contribution in [3.8, 4) is 5.75 Å². The van der Waals surface area contributed by atoms with E-state index < -0.39 is 17.7 Å². The molecule has 7 heteroatoms. The summed E-state index contributed by atoms with van der Waals surface area (Å²) in [6.45, 7) is 5.95. The molecule has 1 aliphatic carbocycles. The zero-order valence-corrected chi connectivity index (χ0v) is 14.1. The molecule has 0 radical (unpaired) electrons. The maximum absolute atomic E-state index is 11.7. The third kappa shape index (κ3) is 5.26. The fraction of sp³-hybridized carbons (Fsp3) is 0.471. The van der Waals surface area contributed by atoms with E-state index >= 15 is 0 Å². The molecule has 0 atom stereocenters. The van der Waals surface area contributed by atoms with Gasteiger partial charge in [-0.05, 0) is 48.9 Å². The lowest BCUT2D eigenvalue weighted by Gasteiger charge is -2.12. The maximum atomic E-state index is 11.7. The van der Waals surface area contributed by atoms with Gasteiger partial charge in [-0.3, -0.25) is 25.2 Å². The van der Waals surface area contributed by atoms with E-state index in [2.05, 4.69) is 30.0 Å². The Balaban J connectivity index is 1.73. The molecule has 0 saturated heterocycles. The minimum atomic E-state index is -0.896. The van der Waals surface area contributed by atoms with Crippen LogP contribution in [0.25, 0.3) is 0 Å². The summed E-state index contributed by atoms with van der Waals surface area (Å²) in [6.07, 6.45) is 1.77. The average molecular weight is 333 g/mol. The molecule has 1 aromatic rings. The highest BCUT2D eigenvalue weighted by Gasteiger charge is 2.26. The molecule has 3 N–H and O–H groups in total. The van der Waals surface area contributed by atoms with Crippen LogP contribution in [0.2, 0.25) is 0 Å². The molecule has 24 heavy (non-hydrogen) atoms. The quantitative estimate of drug-likeness (QED) is 0.551. The van der Waals surface area contributed by atoms with Crippen LogP contribution in [0, 0.1) is 6.92 Å². The molecule has 0 aromatic heterocycles. The predicted molar refractivity (Wildman–Crippen MR) is 88.2 cm³/mol. The van der Waals surface area contributed by atoms with Crippen LogP contribution in [-0.4, -0.2) is 30.4 Å². The zero-order valence-electron chi connectivity index (χ0n) is 14.1. The molecular formula is C17H23N3O4. The van der Waals surface area contributed by atoms with E-state index in [-0.39, 0.29) is 12.6 Å². The zero-order chi connectivity index (χ0) is 17.7. The van der Waals surface area contributed by atoms with Crippen LogP contribution in [0.3, 0.4) is 0 Å². The van der Waals surface area contributed by atoms with Crippen molar-refractivity contribution in [1.82, 2.24) is 16.2 Å². The van der Waals surface area contributed by atoms with E-state index in [0.29, 0.717) is 11.7 Å². The summed E-state index contributed by atoms with van der Waals surface area (Å²) in [5.41, 5.74) is 6.52. The van der Waals surface area contributed by atoms with Gasteiger partial charge < -0.3 is 10.1 Å². The summed E-state index contributed by atoms with van der Waals surface area (Å²) in [7, 11) is 0. The van der Waals surface area contributed by atoms with Crippen LogP contribution in [-0.2, 0) is 14.4 Å². The summed E-state index contributed by atoms with van der Waals surface area (Å²) in [5, 5.41) is 2.52. The summed E-state index contributed by atoms with van der Waals surface area (Å²) in [5.74, 6) is -1.21. The lowest BCUT2D eigenvalue weighted by Crippen LogP contribution is -2.50. The van der Waals surface area contributed by atoms with Crippen LogP contribution < -0.4 is 20.9 Å². The number of carbonyl (C=O) groups excluding carboxylic acids is 3. The molecule has 2 rings (SSSR count). The largest absolute Gasteiger partial charge is 0.484 e. The van der Waals surface area contributed by atoms with Crippen molar-refractivity contribution in [1.29, 1.82) is 0 Å². The number of nitrogens with one attached hydrogen (secondary N) is 3. The second-order valence-electron chi connectivity index (χ2n) is 6.21. The fourth-order valence-electron chi connectivity index (χ4n) is 2.23. The summed E-state index contributed by atoms with van der Waals surface area (Å²) < 4.78 is 5.39. The maximum Gasteiger partial charge on any atom is 0.327 e. The molecule has 3 amide bonds. The monoisotopic (exact) mass is 333 g/mol. The third-order valence-corrected chi connectivity index (χ3v) is 3.67. The molecule has 1 fully saturated rings. The molecule has 7 nitrogen and oxygen atoms in total. The Bertz CT molecular complexity index is 639. The van der Waals surface area contributed by atoms with Crippen molar-refractivity contribution in [2.24, 2.45) is 0 Å². The lowest BCUT2D eigenvalue weighted by molar-refractivity contribution is -0.141. The molecule has 130 valence electrons. The van der Waals surface area contributed by atoms with E-state index in [9.17, 15) is 14.4 Å². The Labute approximate surface area is 141 Å². The molecule has 0 bridgehead atoms. The van der Waals surface area contributed by atoms with Crippen molar-refractivity contribution in [2.75, 3.05) is 6.61 Å². The molecule has 1 aliphatic rings. The standard InChI is InChI=1S/C17H23N3O4/c1-10(2)14-7-6-13(8-11(14)3)24-9-15(21)19-20-17(23)16(22)18-12-4-5-12/h6-8,10,12H,4-5,9H2,1-3H3,(H,18,22)(H,19,21)(H,20,23). The highest BCUT2D eigenvalue weighted by Crippen LogP contribution is 2.23. The Morgan fingerprint density at radius 1 is 1.17 bits per heavy atom. The van der Waals surface area contributed by atoms with E-state index in [4.69, 9.17) is 4.74 Å². The summed E-state index contributed by atoms with van der Waals surface area (Å²) in [4.78, 5) is 34.5. The van der Waals surface area contributed by atoms with Crippen LogP contribution in [0.1, 0.15) is 43.7 Å². The van der Waals surface area contributed by atoms with Gasteiger partial charge in [0, 0.05) is 6.04 Å². The molecule has 0 heterocycles. The van der Waals surface area contributed by atoms with Gasteiger partial charge in [0.25, 0.3) is 5.91 Å². The first-order valence-electron chi connectivity index (χ1n) is 8.00. The molecule has 0 unspecified atom stereocenters. The van der Waals surface area contributed by atoms with Gasteiger partial charge in [0.15, 0.2) is 6.61 Å². The van der Waals surface area contributed by atoms with Gasteiger partial charge in [-0.25, -0.2) is 0 Å². The fourth-order valence-corrected chi connectivity index (χ4v) is 2.23. The van der Waals surface area contributed by atoms with Crippen molar-refractivity contribution >= 4 is 17.7 Å². The Morgan fingerprint density at radius 3 is 2.46 bits per heavy atom. The van der Waals surface area contributed by atoms with E-state index in [0.717, 1.165) is 18.4 Å². The van der Waals surface area contributed by atoms with Crippen LogP contribution in [0.4, 0.5) is 0 Å². The minimum Gasteiger partial charge on any atom is -0.484 e. The number of ether oxygens (including phenoxy) is 1. The van der Waals surface area contributed by atoms with E-state index in [1.165, 1.54) is 5.56 Å². The Morgan fingerprint density at radius 2 is 1.88 bits per heavy atom. The molecule has 0 spiro atoms. The number of amides is 3. The number of benzene rings is 1. The highest BCUT2D eigenvalue weighted by molar-refractivity contribution is 6.35. The topological polar surface area (TPSA) is 96.5 Å². The number of rotatable bonds is 5. The molecule has 1 saturated carbocycles. The number of carbonyl (C=O) groups is 3. The minimum absolute atomic E-state index is 0.0827. The Hall–Kier alpha value is -2.57. The van der Waals surface area contributed by atoms with Crippen LogP contribution >= 0.6 is 0 Å². The van der Waals surface area contributed by atoms with Gasteiger partial charge in [0.2, 0.25) is 0 Å². The number of hydrogen-bond donors (Lipinski definition) is 3. The smallest absolute Gasteiger partial charge is 0.327 e. The first-order valence-corrected chi connectivity index (χ1v) is 8.00. The van der Waals surface area contributed by atoms with Gasteiger partial charge in [0.05, 0.1) is 0 Å². The van der Waals surface area contributed by atoms with Gasteiger partial charge in [0.1, 0.15) is 5.75 Å². The van der Waals surface area contributed by atoms with Crippen molar-refractivity contribution in [3.63, 3.8) is 0 Å². The van der Waals surface area contributed by atoms with E-state index in [1.807, 2.05) is 19.1 Å². The highest BCUT2D eigenvalue weighted by atomic mass is 16.5. The summed E-state index contributed by atoms with van der Waals surface area (Å²) >= 11 is 0. The molecule has 1 aromatic carbocycles. The lowest BCUT2D eigenvalue weighted by atomic mass is 9.98. The van der Waals surface area contributed by atoms with Crippen molar-refractivity contribution in [3.05, 3.63) is 29.3 Å². The SMILES string of the molecule is Cc1cc(OCC(=O)NNC(=O)C(=O)NC2CC2)ccc1C(C)C. The van der Waals surface area contributed by atoms with Gasteiger partial charge >= 0.3 is 11.8 Å². The van der Waals surface area contributed by atoms with Crippen LogP contribution in [0.15, 0.2) is 18.2 Å². The van der Waals surface area contributed by atoms with Gasteiger partial charge in [-0.15, -0.1) is 0 Å². The first-order chi connectivity index (χ1) is 11.4. The predicted octanol–water partition coefficient (Wildman–Crippen LogP) is 0.923. The van der Waals surface area contributed by atoms with E-state index in [1.54, 1.807) is 6.07 Å². The van der Waals surface area contributed by atoms with Crippen LogP contribution in [0.5, 0.6) is 5.75 Å². The second kappa shape index (κ2) is 7.81. The molecular weight excluding hydrogens is 310 g/mol. The Kier molecular flexibility index (Phi) is 5.78. The van der Waals surface area contributed by atoms with Crippen molar-refractivity contribution < 1.29 is 19.1 Å². The number of aryl methyl sites for hydroxylation is 1. The normalized spacial score (nSPS) is 13.3. The van der Waals surface area contributed by atoms with Gasteiger partial charge in [-0.2, -0.15) is 0 Å². The third-order valence-electron chi connectivity index (χ3n) is 3.67.